The van der Waals surface area contributed by atoms with Crippen LogP contribution in [0.25, 0.3) is 0 Å². The Balaban J connectivity index is 2.08. The van der Waals surface area contributed by atoms with E-state index in [2.05, 4.69) is 36.4 Å². The number of hydrogen-bond acceptors (Lipinski definition) is 3. The number of amides is 1. The number of aryl methyl sites for hydroxylation is 2. The van der Waals surface area contributed by atoms with Gasteiger partial charge >= 0.3 is 0 Å². The molecule has 116 valence electrons. The summed E-state index contributed by atoms with van der Waals surface area (Å²) in [6.45, 7) is 10.3. The monoisotopic (exact) mass is 297 g/mol. The van der Waals surface area contributed by atoms with Gasteiger partial charge in [-0.1, -0.05) is 6.07 Å². The lowest BCUT2D eigenvalue weighted by atomic mass is 10.1. The average molecular weight is 297 g/mol. The number of aromatic nitrogens is 1. The van der Waals surface area contributed by atoms with Crippen LogP contribution in [0.4, 0.5) is 11.4 Å². The Morgan fingerprint density at radius 2 is 1.68 bits per heavy atom. The normalized spacial score (nSPS) is 11.1. The Morgan fingerprint density at radius 1 is 1.00 bits per heavy atom. The van der Waals surface area contributed by atoms with Crippen molar-refractivity contribution in [2.24, 2.45) is 0 Å². The highest BCUT2D eigenvalue weighted by molar-refractivity contribution is 6.03. The third kappa shape index (κ3) is 4.32. The predicted octanol–water partition coefficient (Wildman–Crippen LogP) is 4.16. The zero-order valence-corrected chi connectivity index (χ0v) is 13.8. The largest absolute Gasteiger partial charge is 0.379 e. The van der Waals surface area contributed by atoms with Gasteiger partial charge in [-0.05, 0) is 70.0 Å². The van der Waals surface area contributed by atoms with Gasteiger partial charge in [0.25, 0.3) is 5.91 Å². The van der Waals surface area contributed by atoms with E-state index in [-0.39, 0.29) is 11.4 Å². The lowest BCUT2D eigenvalue weighted by Crippen LogP contribution is -2.26. The molecule has 2 aromatic rings. The van der Waals surface area contributed by atoms with Gasteiger partial charge in [0.15, 0.2) is 0 Å². The Bertz CT molecular complexity index is 670. The van der Waals surface area contributed by atoms with Crippen molar-refractivity contribution in [3.63, 3.8) is 0 Å². The Morgan fingerprint density at radius 3 is 2.23 bits per heavy atom. The van der Waals surface area contributed by atoms with Crippen molar-refractivity contribution in [1.29, 1.82) is 0 Å². The van der Waals surface area contributed by atoms with E-state index in [1.165, 1.54) is 5.56 Å². The van der Waals surface area contributed by atoms with E-state index in [0.717, 1.165) is 16.9 Å². The van der Waals surface area contributed by atoms with Crippen LogP contribution in [0.1, 0.15) is 42.4 Å². The maximum Gasteiger partial charge on any atom is 0.274 e. The van der Waals surface area contributed by atoms with Crippen LogP contribution in [0.2, 0.25) is 0 Å². The van der Waals surface area contributed by atoms with E-state index >= 15 is 0 Å². The van der Waals surface area contributed by atoms with Crippen molar-refractivity contribution in [2.75, 3.05) is 10.6 Å². The van der Waals surface area contributed by atoms with Crippen LogP contribution < -0.4 is 10.6 Å². The molecule has 0 atom stereocenters. The minimum atomic E-state index is -0.203. The van der Waals surface area contributed by atoms with E-state index in [1.54, 1.807) is 12.3 Å². The first kappa shape index (κ1) is 16.0. The Labute approximate surface area is 132 Å². The second-order valence-corrected chi connectivity index (χ2v) is 6.56. The molecule has 0 fully saturated rings. The van der Waals surface area contributed by atoms with Crippen molar-refractivity contribution in [3.05, 3.63) is 53.3 Å². The SMILES string of the molecule is Cc1ccc(NC(=O)c2ccc(NC(C)(C)C)cn2)cc1C. The molecule has 4 heteroatoms. The van der Waals surface area contributed by atoms with Crippen molar-refractivity contribution in [3.8, 4) is 0 Å². The van der Waals surface area contributed by atoms with Gasteiger partial charge in [0.05, 0.1) is 11.9 Å². The van der Waals surface area contributed by atoms with E-state index in [9.17, 15) is 4.79 Å². The van der Waals surface area contributed by atoms with Gasteiger partial charge in [-0.3, -0.25) is 4.79 Å². The van der Waals surface area contributed by atoms with Crippen LogP contribution in [0.3, 0.4) is 0 Å². The van der Waals surface area contributed by atoms with Gasteiger partial charge in [-0.25, -0.2) is 4.98 Å². The van der Waals surface area contributed by atoms with Crippen LogP contribution in [-0.2, 0) is 0 Å². The molecule has 1 heterocycles. The molecule has 0 aliphatic carbocycles. The van der Waals surface area contributed by atoms with Gasteiger partial charge in [-0.2, -0.15) is 0 Å². The number of carbonyl (C=O) groups excluding carboxylic acids is 1. The molecule has 22 heavy (non-hydrogen) atoms. The summed E-state index contributed by atoms with van der Waals surface area (Å²) in [7, 11) is 0. The standard InChI is InChI=1S/C18H23N3O/c1-12-6-7-14(10-13(12)2)20-17(22)16-9-8-15(11-19-16)21-18(3,4)5/h6-11,21H,1-5H3,(H,20,22). The molecule has 0 aliphatic rings. The summed E-state index contributed by atoms with van der Waals surface area (Å²) in [5.74, 6) is -0.203. The molecule has 0 saturated heterocycles. The van der Waals surface area contributed by atoms with Crippen LogP contribution in [0, 0.1) is 13.8 Å². The zero-order valence-electron chi connectivity index (χ0n) is 13.8. The number of rotatable bonds is 3. The first-order valence-electron chi connectivity index (χ1n) is 7.37. The fourth-order valence-electron chi connectivity index (χ4n) is 2.05. The van der Waals surface area contributed by atoms with Crippen molar-refractivity contribution in [1.82, 2.24) is 4.98 Å². The number of benzene rings is 1. The van der Waals surface area contributed by atoms with E-state index < -0.39 is 0 Å². The number of pyridine rings is 1. The fraction of sp³-hybridized carbons (Fsp3) is 0.333. The van der Waals surface area contributed by atoms with Gasteiger partial charge in [-0.15, -0.1) is 0 Å². The molecule has 2 N–H and O–H groups in total. The third-order valence-corrected chi connectivity index (χ3v) is 3.28. The lowest BCUT2D eigenvalue weighted by Gasteiger charge is -2.21. The molecule has 0 saturated carbocycles. The molecule has 1 aromatic carbocycles. The summed E-state index contributed by atoms with van der Waals surface area (Å²) >= 11 is 0. The Kier molecular flexibility index (Phi) is 4.50. The van der Waals surface area contributed by atoms with Crippen molar-refractivity contribution >= 4 is 17.3 Å². The van der Waals surface area contributed by atoms with Gasteiger partial charge in [0, 0.05) is 11.2 Å². The van der Waals surface area contributed by atoms with Crippen molar-refractivity contribution < 1.29 is 4.79 Å². The molecule has 0 aliphatic heterocycles. The highest BCUT2D eigenvalue weighted by Gasteiger charge is 2.11. The minimum Gasteiger partial charge on any atom is -0.379 e. The zero-order chi connectivity index (χ0) is 16.3. The summed E-state index contributed by atoms with van der Waals surface area (Å²) in [5.41, 5.74) is 4.40. The number of hydrogen-bond donors (Lipinski definition) is 2. The molecule has 4 nitrogen and oxygen atoms in total. The summed E-state index contributed by atoms with van der Waals surface area (Å²) in [6.07, 6.45) is 1.68. The second-order valence-electron chi connectivity index (χ2n) is 6.56. The minimum absolute atomic E-state index is 0.0368. The number of anilines is 2. The number of nitrogens with zero attached hydrogens (tertiary/aromatic N) is 1. The summed E-state index contributed by atoms with van der Waals surface area (Å²) < 4.78 is 0. The lowest BCUT2D eigenvalue weighted by molar-refractivity contribution is 0.102. The van der Waals surface area contributed by atoms with Crippen LogP contribution in [0.15, 0.2) is 36.5 Å². The smallest absolute Gasteiger partial charge is 0.274 e. The van der Waals surface area contributed by atoms with Crippen LogP contribution >= 0.6 is 0 Å². The average Bonchev–Trinajstić information content (AvgIpc) is 2.42. The van der Waals surface area contributed by atoms with Gasteiger partial charge < -0.3 is 10.6 Å². The predicted molar refractivity (Wildman–Crippen MR) is 91.5 cm³/mol. The molecule has 0 unspecified atom stereocenters. The second kappa shape index (κ2) is 6.18. The highest BCUT2D eigenvalue weighted by Crippen LogP contribution is 2.16. The van der Waals surface area contributed by atoms with E-state index in [0.29, 0.717) is 5.69 Å². The maximum absolute atomic E-state index is 12.2. The first-order valence-corrected chi connectivity index (χ1v) is 7.37. The highest BCUT2D eigenvalue weighted by atomic mass is 16.1. The topological polar surface area (TPSA) is 54.0 Å². The molecule has 1 amide bonds. The van der Waals surface area contributed by atoms with Gasteiger partial charge in [0.2, 0.25) is 0 Å². The molecule has 0 bridgehead atoms. The molecule has 0 spiro atoms. The number of nitrogens with one attached hydrogen (secondary N) is 2. The van der Waals surface area contributed by atoms with Gasteiger partial charge in [0.1, 0.15) is 5.69 Å². The fourth-order valence-corrected chi connectivity index (χ4v) is 2.05. The summed E-state index contributed by atoms with van der Waals surface area (Å²) in [5, 5.41) is 6.19. The van der Waals surface area contributed by atoms with E-state index in [4.69, 9.17) is 0 Å². The third-order valence-electron chi connectivity index (χ3n) is 3.28. The molecular weight excluding hydrogens is 274 g/mol. The summed E-state index contributed by atoms with van der Waals surface area (Å²) in [4.78, 5) is 16.4. The first-order chi connectivity index (χ1) is 10.2. The Hall–Kier alpha value is -2.36. The molecule has 0 radical (unpaired) electrons. The van der Waals surface area contributed by atoms with Crippen LogP contribution in [-0.4, -0.2) is 16.4 Å². The quantitative estimate of drug-likeness (QED) is 0.894. The van der Waals surface area contributed by atoms with Crippen molar-refractivity contribution in [2.45, 2.75) is 40.2 Å². The molecular formula is C18H23N3O. The number of carbonyl (C=O) groups is 1. The molecule has 2 rings (SSSR count). The maximum atomic E-state index is 12.2. The van der Waals surface area contributed by atoms with Crippen LogP contribution in [0.5, 0.6) is 0 Å². The summed E-state index contributed by atoms with van der Waals surface area (Å²) in [6, 6.07) is 9.45. The van der Waals surface area contributed by atoms with E-state index in [1.807, 2.05) is 38.1 Å². The molecule has 1 aromatic heterocycles.